The Morgan fingerprint density at radius 3 is 2.50 bits per heavy atom. The quantitative estimate of drug-likeness (QED) is 0.620. The van der Waals surface area contributed by atoms with Crippen molar-refractivity contribution in [3.63, 3.8) is 0 Å². The van der Waals surface area contributed by atoms with Gasteiger partial charge in [-0.15, -0.1) is 0 Å². The van der Waals surface area contributed by atoms with Crippen LogP contribution >= 0.6 is 0 Å². The van der Waals surface area contributed by atoms with E-state index in [9.17, 15) is 14.9 Å². The smallest absolute Gasteiger partial charge is 0.272 e. The average Bonchev–Trinajstić information content (AvgIpc) is 2.27. The summed E-state index contributed by atoms with van der Waals surface area (Å²) in [4.78, 5) is 22.0. The molecule has 0 radical (unpaired) electrons. The van der Waals surface area contributed by atoms with Crippen molar-refractivity contribution in [1.29, 1.82) is 0 Å². The van der Waals surface area contributed by atoms with Crippen LogP contribution in [0, 0.1) is 10.1 Å². The van der Waals surface area contributed by atoms with Crippen molar-refractivity contribution in [3.05, 3.63) is 39.9 Å². The minimum absolute atomic E-state index is 0.0122. The molecule has 0 spiro atoms. The lowest BCUT2D eigenvalue weighted by Crippen LogP contribution is -2.41. The molecule has 1 aromatic rings. The number of nitrogens with zero attached hydrogens (tertiary/aromatic N) is 1. The molecule has 0 aliphatic carbocycles. The Kier molecular flexibility index (Phi) is 4.97. The largest absolute Gasteiger partial charge is 0.305 e. The number of hydrogen-bond acceptors (Lipinski definition) is 4. The van der Waals surface area contributed by atoms with Crippen LogP contribution in [-0.2, 0) is 11.2 Å². The molecule has 1 unspecified atom stereocenters. The molecule has 0 fully saturated rings. The molecule has 0 saturated carbocycles. The molecular formula is C13H18N2O3. The summed E-state index contributed by atoms with van der Waals surface area (Å²) in [5.74, 6) is -0.0122. The lowest BCUT2D eigenvalue weighted by Gasteiger charge is -2.18. The Balaban J connectivity index is 2.93. The third-order valence-electron chi connectivity index (χ3n) is 2.64. The molecule has 1 rings (SSSR count). The van der Waals surface area contributed by atoms with Crippen LogP contribution < -0.4 is 5.32 Å². The van der Waals surface area contributed by atoms with Crippen molar-refractivity contribution in [2.75, 3.05) is 0 Å². The van der Waals surface area contributed by atoms with Crippen LogP contribution in [0.5, 0.6) is 0 Å². The lowest BCUT2D eigenvalue weighted by atomic mass is 10.0. The molecule has 5 heteroatoms. The van der Waals surface area contributed by atoms with Gasteiger partial charge in [-0.25, -0.2) is 0 Å². The van der Waals surface area contributed by atoms with Gasteiger partial charge in [0, 0.05) is 24.1 Å². The molecule has 1 aromatic carbocycles. The van der Waals surface area contributed by atoms with Crippen LogP contribution in [0.2, 0.25) is 0 Å². The van der Waals surface area contributed by atoms with E-state index in [4.69, 9.17) is 0 Å². The van der Waals surface area contributed by atoms with E-state index in [1.807, 2.05) is 13.8 Å². The fourth-order valence-corrected chi connectivity index (χ4v) is 1.80. The number of hydrogen-bond donors (Lipinski definition) is 1. The molecular weight excluding hydrogens is 232 g/mol. The molecule has 98 valence electrons. The summed E-state index contributed by atoms with van der Waals surface area (Å²) in [6.45, 7) is 5.37. The highest BCUT2D eigenvalue weighted by atomic mass is 16.6. The van der Waals surface area contributed by atoms with Crippen LogP contribution in [0.1, 0.15) is 26.3 Å². The number of nitro groups is 1. The van der Waals surface area contributed by atoms with Gasteiger partial charge in [-0.05, 0) is 6.92 Å². The third kappa shape index (κ3) is 3.92. The van der Waals surface area contributed by atoms with Crippen LogP contribution in [0.3, 0.4) is 0 Å². The molecule has 18 heavy (non-hydrogen) atoms. The summed E-state index contributed by atoms with van der Waals surface area (Å²) in [5.41, 5.74) is 0.644. The maximum atomic E-state index is 11.5. The zero-order chi connectivity index (χ0) is 13.7. The van der Waals surface area contributed by atoms with Gasteiger partial charge in [0.25, 0.3) is 5.69 Å². The van der Waals surface area contributed by atoms with Crippen LogP contribution in [0.4, 0.5) is 5.69 Å². The first-order valence-corrected chi connectivity index (χ1v) is 5.90. The summed E-state index contributed by atoms with van der Waals surface area (Å²) in [6, 6.07) is 6.29. The standard InChI is InChI=1S/C13H18N2O3/c1-9(2)14-12(10(3)16)8-11-6-4-5-7-13(11)15(17)18/h4-7,9,12,14H,8H2,1-3H3. The van der Waals surface area contributed by atoms with Gasteiger partial charge < -0.3 is 5.32 Å². The van der Waals surface area contributed by atoms with Gasteiger partial charge in [0.15, 0.2) is 0 Å². The molecule has 1 N–H and O–H groups in total. The number of carbonyl (C=O) groups excluding carboxylic acids is 1. The highest BCUT2D eigenvalue weighted by Gasteiger charge is 2.20. The van der Waals surface area contributed by atoms with Gasteiger partial charge in [0.05, 0.1) is 11.0 Å². The van der Waals surface area contributed by atoms with Crippen molar-refractivity contribution < 1.29 is 9.72 Å². The van der Waals surface area contributed by atoms with Crippen molar-refractivity contribution in [3.8, 4) is 0 Å². The van der Waals surface area contributed by atoms with Crippen molar-refractivity contribution in [1.82, 2.24) is 5.32 Å². The van der Waals surface area contributed by atoms with E-state index in [0.29, 0.717) is 12.0 Å². The Morgan fingerprint density at radius 1 is 1.39 bits per heavy atom. The predicted octanol–water partition coefficient (Wildman–Crippen LogP) is 2.09. The van der Waals surface area contributed by atoms with Crippen molar-refractivity contribution in [2.45, 2.75) is 39.3 Å². The fourth-order valence-electron chi connectivity index (χ4n) is 1.80. The molecule has 0 amide bonds. The molecule has 5 nitrogen and oxygen atoms in total. The number of nitrogens with one attached hydrogen (secondary N) is 1. The summed E-state index contributed by atoms with van der Waals surface area (Å²) < 4.78 is 0. The SMILES string of the molecule is CC(=O)C(Cc1ccccc1[N+](=O)[O-])NC(C)C. The molecule has 0 aliphatic heterocycles. The van der Waals surface area contributed by atoms with E-state index < -0.39 is 4.92 Å². The second kappa shape index (κ2) is 6.26. The van der Waals surface area contributed by atoms with E-state index in [0.717, 1.165) is 0 Å². The van der Waals surface area contributed by atoms with Crippen LogP contribution in [0.15, 0.2) is 24.3 Å². The summed E-state index contributed by atoms with van der Waals surface area (Å²) in [6.07, 6.45) is 0.338. The van der Waals surface area contributed by atoms with E-state index in [-0.39, 0.29) is 23.6 Å². The van der Waals surface area contributed by atoms with Gasteiger partial charge in [-0.1, -0.05) is 32.0 Å². The number of rotatable bonds is 6. The first-order chi connectivity index (χ1) is 8.41. The lowest BCUT2D eigenvalue weighted by molar-refractivity contribution is -0.385. The summed E-state index contributed by atoms with van der Waals surface area (Å²) in [7, 11) is 0. The zero-order valence-corrected chi connectivity index (χ0v) is 10.8. The first kappa shape index (κ1) is 14.3. The minimum atomic E-state index is -0.415. The van der Waals surface area contributed by atoms with E-state index in [1.54, 1.807) is 18.2 Å². The first-order valence-electron chi connectivity index (χ1n) is 5.90. The van der Waals surface area contributed by atoms with E-state index >= 15 is 0 Å². The Morgan fingerprint density at radius 2 is 2.00 bits per heavy atom. The summed E-state index contributed by atoms with van der Waals surface area (Å²) >= 11 is 0. The number of para-hydroxylation sites is 1. The zero-order valence-electron chi connectivity index (χ0n) is 10.8. The number of ketones is 1. The number of carbonyl (C=O) groups is 1. The predicted molar refractivity (Wildman–Crippen MR) is 69.5 cm³/mol. The average molecular weight is 250 g/mol. The van der Waals surface area contributed by atoms with Crippen molar-refractivity contribution in [2.24, 2.45) is 0 Å². The Bertz CT molecular complexity index is 444. The Hall–Kier alpha value is -1.75. The minimum Gasteiger partial charge on any atom is -0.305 e. The molecule has 0 aliphatic rings. The van der Waals surface area contributed by atoms with Crippen LogP contribution in [0.25, 0.3) is 0 Å². The molecule has 0 saturated heterocycles. The normalized spacial score (nSPS) is 12.4. The highest BCUT2D eigenvalue weighted by Crippen LogP contribution is 2.19. The summed E-state index contributed by atoms with van der Waals surface area (Å²) in [5, 5.41) is 14.0. The second-order valence-corrected chi connectivity index (χ2v) is 4.57. The van der Waals surface area contributed by atoms with Gasteiger partial charge in [-0.3, -0.25) is 14.9 Å². The molecule has 0 heterocycles. The van der Waals surface area contributed by atoms with Gasteiger partial charge in [0.2, 0.25) is 0 Å². The van der Waals surface area contributed by atoms with Gasteiger partial charge >= 0.3 is 0 Å². The number of Topliss-reactive ketones (excluding diaryl/α,β-unsaturated/α-hetero) is 1. The maximum Gasteiger partial charge on any atom is 0.272 e. The molecule has 0 bridgehead atoms. The Labute approximate surface area is 106 Å². The second-order valence-electron chi connectivity index (χ2n) is 4.57. The number of benzene rings is 1. The van der Waals surface area contributed by atoms with Crippen LogP contribution in [-0.4, -0.2) is 22.8 Å². The van der Waals surface area contributed by atoms with Gasteiger partial charge in [0.1, 0.15) is 5.78 Å². The van der Waals surface area contributed by atoms with Crippen molar-refractivity contribution >= 4 is 11.5 Å². The van der Waals surface area contributed by atoms with E-state index in [2.05, 4.69) is 5.32 Å². The van der Waals surface area contributed by atoms with E-state index in [1.165, 1.54) is 13.0 Å². The van der Waals surface area contributed by atoms with Gasteiger partial charge in [-0.2, -0.15) is 0 Å². The monoisotopic (exact) mass is 250 g/mol. The maximum absolute atomic E-state index is 11.5. The molecule has 1 atom stereocenters. The fraction of sp³-hybridized carbons (Fsp3) is 0.462. The molecule has 0 aromatic heterocycles. The topological polar surface area (TPSA) is 72.2 Å². The number of nitro benzene ring substituents is 1. The third-order valence-corrected chi connectivity index (χ3v) is 2.64. The highest BCUT2D eigenvalue weighted by molar-refractivity contribution is 5.82.